The molecule has 7 unspecified atom stereocenters. The van der Waals surface area contributed by atoms with Gasteiger partial charge >= 0.3 is 6.17 Å². The minimum absolute atomic E-state index is 0.0307. The van der Waals surface area contributed by atoms with Crippen molar-refractivity contribution in [1.29, 1.82) is 0 Å². The second kappa shape index (κ2) is 6.67. The Labute approximate surface area is 178 Å². The van der Waals surface area contributed by atoms with E-state index in [1.807, 2.05) is 13.8 Å². The van der Waals surface area contributed by atoms with Crippen molar-refractivity contribution in [3.63, 3.8) is 0 Å². The van der Waals surface area contributed by atoms with Crippen LogP contribution in [0.3, 0.4) is 0 Å². The molecule has 7 heteroatoms. The Balaban J connectivity index is 1.48. The minimum atomic E-state index is -0.722. The van der Waals surface area contributed by atoms with Crippen LogP contribution in [0.15, 0.2) is 0 Å². The molecule has 30 heavy (non-hydrogen) atoms. The maximum Gasteiger partial charge on any atom is 0.301 e. The summed E-state index contributed by atoms with van der Waals surface area (Å²) in [7, 11) is 0. The molecule has 6 rings (SSSR count). The van der Waals surface area contributed by atoms with E-state index in [-0.39, 0.29) is 23.8 Å². The predicted molar refractivity (Wildman–Crippen MR) is 111 cm³/mol. The van der Waals surface area contributed by atoms with Gasteiger partial charge in [0, 0.05) is 17.9 Å². The molecule has 4 bridgehead atoms. The number of carbonyl (C=O) groups excluding carboxylic acids is 2. The number of fused-ring (bicyclic) bond motifs is 1. The highest BCUT2D eigenvalue weighted by molar-refractivity contribution is 5.91. The monoisotopic (exact) mass is 414 g/mol. The van der Waals surface area contributed by atoms with Crippen molar-refractivity contribution in [1.82, 2.24) is 10.2 Å². The van der Waals surface area contributed by atoms with Gasteiger partial charge in [0.1, 0.15) is 6.04 Å². The highest BCUT2D eigenvalue weighted by Crippen LogP contribution is 2.63. The molecule has 0 aromatic carbocycles. The van der Waals surface area contributed by atoms with Crippen molar-refractivity contribution in [2.75, 3.05) is 0 Å². The Morgan fingerprint density at radius 2 is 1.83 bits per heavy atom. The van der Waals surface area contributed by atoms with Crippen molar-refractivity contribution in [3.05, 3.63) is 11.4 Å². The quantitative estimate of drug-likeness (QED) is 0.596. The number of rotatable bonds is 5. The Bertz CT molecular complexity index is 791. The molecule has 1 heterocycles. The van der Waals surface area contributed by atoms with Crippen LogP contribution in [0, 0.1) is 35.7 Å². The predicted octanol–water partition coefficient (Wildman–Crippen LogP) is 1.65. The number of likely N-dealkylation sites (tertiary alicyclic amines) is 1. The van der Waals surface area contributed by atoms with Crippen molar-refractivity contribution < 1.29 is 14.7 Å². The average Bonchev–Trinajstić information content (AvgIpc) is 3.32. The SMILES string of the molecule is [C-]#[N+]C1CC2CC2N1C(=O)C(NC(=O)C(N)C(C)C)C12CC3CC(CC(O)(C3)C1)C2. The van der Waals surface area contributed by atoms with Crippen molar-refractivity contribution >= 4 is 11.8 Å². The van der Waals surface area contributed by atoms with Gasteiger partial charge in [-0.15, -0.1) is 0 Å². The van der Waals surface area contributed by atoms with E-state index in [1.165, 1.54) is 0 Å². The molecule has 0 spiro atoms. The summed E-state index contributed by atoms with van der Waals surface area (Å²) in [4.78, 5) is 32.4. The van der Waals surface area contributed by atoms with Crippen molar-refractivity contribution in [2.45, 2.75) is 95.1 Å². The van der Waals surface area contributed by atoms with E-state index in [4.69, 9.17) is 12.3 Å². The molecule has 6 fully saturated rings. The molecule has 5 aliphatic carbocycles. The van der Waals surface area contributed by atoms with Crippen LogP contribution in [-0.2, 0) is 9.59 Å². The van der Waals surface area contributed by atoms with E-state index in [9.17, 15) is 14.7 Å². The van der Waals surface area contributed by atoms with Gasteiger partial charge in [-0.25, -0.2) is 6.57 Å². The third-order valence-electron chi connectivity index (χ3n) is 8.72. The molecule has 164 valence electrons. The fraction of sp³-hybridized carbons (Fsp3) is 0.870. The zero-order valence-electron chi connectivity index (χ0n) is 18.0. The molecule has 5 saturated carbocycles. The summed E-state index contributed by atoms with van der Waals surface area (Å²) in [5.74, 6) is 0.810. The van der Waals surface area contributed by atoms with Gasteiger partial charge in [0.2, 0.25) is 5.91 Å². The largest absolute Gasteiger partial charge is 0.390 e. The Morgan fingerprint density at radius 1 is 1.17 bits per heavy atom. The topological polar surface area (TPSA) is 100 Å². The zero-order valence-corrected chi connectivity index (χ0v) is 18.0. The van der Waals surface area contributed by atoms with Gasteiger partial charge < -0.3 is 16.2 Å². The van der Waals surface area contributed by atoms with Gasteiger partial charge in [0.25, 0.3) is 5.91 Å². The van der Waals surface area contributed by atoms with Gasteiger partial charge in [-0.05, 0) is 68.6 Å². The molecule has 7 nitrogen and oxygen atoms in total. The standard InChI is InChI=1S/C23H34N4O3/c1-12(2)18(24)20(28)26-19(21(29)27-16-5-15(16)6-17(27)25-3)22-7-13-4-14(8-22)10-23(30,9-13)11-22/h12-19,30H,4-11,24H2,1-2H3,(H,26,28). The number of nitrogens with two attached hydrogens (primary N) is 1. The van der Waals surface area contributed by atoms with Crippen molar-refractivity contribution in [2.24, 2.45) is 34.8 Å². The molecule has 0 aromatic rings. The van der Waals surface area contributed by atoms with Crippen LogP contribution < -0.4 is 11.1 Å². The fourth-order valence-electron chi connectivity index (χ4n) is 7.65. The summed E-state index contributed by atoms with van der Waals surface area (Å²) >= 11 is 0. The summed E-state index contributed by atoms with van der Waals surface area (Å²) in [6.07, 6.45) is 6.31. The number of hydrogen-bond acceptors (Lipinski definition) is 4. The van der Waals surface area contributed by atoms with Crippen LogP contribution in [0.1, 0.15) is 65.2 Å². The number of piperidine rings is 1. The first-order chi connectivity index (χ1) is 14.1. The number of hydrogen-bond donors (Lipinski definition) is 3. The second-order valence-electron chi connectivity index (χ2n) is 11.4. The summed E-state index contributed by atoms with van der Waals surface area (Å²) in [5, 5.41) is 14.3. The molecule has 6 aliphatic rings. The second-order valence-corrected chi connectivity index (χ2v) is 11.4. The summed E-state index contributed by atoms with van der Waals surface area (Å²) in [5.41, 5.74) is 4.98. The molecule has 4 N–H and O–H groups in total. The minimum Gasteiger partial charge on any atom is -0.390 e. The van der Waals surface area contributed by atoms with E-state index >= 15 is 0 Å². The van der Waals surface area contributed by atoms with Crippen LogP contribution in [0.5, 0.6) is 0 Å². The first-order valence-electron chi connectivity index (χ1n) is 11.6. The van der Waals surface area contributed by atoms with E-state index in [0.29, 0.717) is 24.2 Å². The van der Waals surface area contributed by atoms with Gasteiger partial charge in [0.15, 0.2) is 0 Å². The molecule has 7 atom stereocenters. The lowest BCUT2D eigenvalue weighted by atomic mass is 9.46. The number of amides is 2. The van der Waals surface area contributed by atoms with Crippen LogP contribution in [-0.4, -0.2) is 51.7 Å². The first kappa shape index (κ1) is 20.3. The fourth-order valence-corrected chi connectivity index (χ4v) is 7.65. The lowest BCUT2D eigenvalue weighted by Gasteiger charge is -2.62. The third-order valence-corrected chi connectivity index (χ3v) is 8.72. The van der Waals surface area contributed by atoms with Gasteiger partial charge in [-0.3, -0.25) is 19.3 Å². The summed E-state index contributed by atoms with van der Waals surface area (Å²) in [6, 6.07) is -1.23. The maximum absolute atomic E-state index is 13.9. The summed E-state index contributed by atoms with van der Waals surface area (Å²) < 4.78 is 0. The number of carbonyl (C=O) groups is 2. The normalized spacial score (nSPS) is 45.1. The van der Waals surface area contributed by atoms with Crippen LogP contribution in [0.2, 0.25) is 0 Å². The summed E-state index contributed by atoms with van der Waals surface area (Å²) in [6.45, 7) is 11.4. The molecule has 0 aromatic heterocycles. The van der Waals surface area contributed by atoms with Crippen molar-refractivity contribution in [3.8, 4) is 0 Å². The molecule has 2 amide bonds. The maximum atomic E-state index is 13.9. The average molecular weight is 415 g/mol. The highest BCUT2D eigenvalue weighted by atomic mass is 16.3. The Kier molecular flexibility index (Phi) is 4.51. The van der Waals surface area contributed by atoms with E-state index in [2.05, 4.69) is 10.2 Å². The zero-order chi connectivity index (χ0) is 21.4. The lowest BCUT2D eigenvalue weighted by Crippen LogP contribution is -2.67. The van der Waals surface area contributed by atoms with E-state index in [1.54, 1.807) is 4.90 Å². The van der Waals surface area contributed by atoms with Crippen LogP contribution in [0.25, 0.3) is 4.85 Å². The van der Waals surface area contributed by atoms with E-state index in [0.717, 1.165) is 44.9 Å². The van der Waals surface area contributed by atoms with Gasteiger partial charge in [-0.2, -0.15) is 0 Å². The molecule has 1 aliphatic heterocycles. The first-order valence-corrected chi connectivity index (χ1v) is 11.6. The van der Waals surface area contributed by atoms with Gasteiger partial charge in [-0.1, -0.05) is 13.8 Å². The third kappa shape index (κ3) is 3.06. The van der Waals surface area contributed by atoms with Crippen LogP contribution >= 0.6 is 0 Å². The highest BCUT2D eigenvalue weighted by Gasteiger charge is 2.64. The number of aliphatic hydroxyl groups is 1. The smallest absolute Gasteiger partial charge is 0.301 e. The molecule has 0 radical (unpaired) electrons. The molecular weight excluding hydrogens is 380 g/mol. The van der Waals surface area contributed by atoms with E-state index < -0.39 is 29.3 Å². The molecule has 1 saturated heterocycles. The van der Waals surface area contributed by atoms with Crippen LogP contribution in [0.4, 0.5) is 0 Å². The Hall–Kier alpha value is -1.65. The number of nitrogens with zero attached hydrogens (tertiary/aromatic N) is 2. The molecular formula is C23H34N4O3. The number of nitrogens with one attached hydrogen (secondary N) is 1. The lowest BCUT2D eigenvalue weighted by molar-refractivity contribution is -0.182. The van der Waals surface area contributed by atoms with Gasteiger partial charge in [0.05, 0.1) is 11.6 Å². The Morgan fingerprint density at radius 3 is 2.40 bits per heavy atom.